The van der Waals surface area contributed by atoms with Gasteiger partial charge in [0.1, 0.15) is 21.5 Å². The molecule has 0 amide bonds. The molecule has 20 heavy (non-hydrogen) atoms. The van der Waals surface area contributed by atoms with E-state index in [0.717, 1.165) is 43.5 Å². The Hall–Kier alpha value is -1.21. The van der Waals surface area contributed by atoms with E-state index in [2.05, 4.69) is 19.8 Å². The van der Waals surface area contributed by atoms with Crippen LogP contribution < -0.4 is 4.90 Å². The zero-order chi connectivity index (χ0) is 14.8. The van der Waals surface area contributed by atoms with E-state index in [1.54, 1.807) is 0 Å². The summed E-state index contributed by atoms with van der Waals surface area (Å²) < 4.78 is 22.4. The van der Waals surface area contributed by atoms with E-state index in [-0.39, 0.29) is 5.75 Å². The Labute approximate surface area is 120 Å². The molecule has 0 aromatic carbocycles. The van der Waals surface area contributed by atoms with E-state index >= 15 is 0 Å². The highest BCUT2D eigenvalue weighted by Gasteiger charge is 2.19. The third-order valence-corrected chi connectivity index (χ3v) is 4.35. The summed E-state index contributed by atoms with van der Waals surface area (Å²) in [7, 11) is -2.88. The summed E-state index contributed by atoms with van der Waals surface area (Å²) in [6.07, 6.45) is 1.29. The number of sulfone groups is 1. The van der Waals surface area contributed by atoms with E-state index in [1.807, 2.05) is 19.9 Å². The molecule has 1 aromatic heterocycles. The summed E-state index contributed by atoms with van der Waals surface area (Å²) in [5.74, 6) is 2.00. The maximum Gasteiger partial charge on any atom is 0.148 e. The summed E-state index contributed by atoms with van der Waals surface area (Å²) in [4.78, 5) is 13.2. The first-order valence-corrected chi connectivity index (χ1v) is 8.87. The molecule has 0 saturated carbocycles. The van der Waals surface area contributed by atoms with Gasteiger partial charge in [0, 0.05) is 50.7 Å². The lowest BCUT2D eigenvalue weighted by Crippen LogP contribution is -2.48. The van der Waals surface area contributed by atoms with Gasteiger partial charge in [-0.25, -0.2) is 18.4 Å². The van der Waals surface area contributed by atoms with Crippen LogP contribution in [0.1, 0.15) is 11.5 Å². The number of rotatable bonds is 4. The van der Waals surface area contributed by atoms with Crippen LogP contribution >= 0.6 is 0 Å². The molecule has 0 spiro atoms. The molecule has 1 aromatic rings. The molecule has 0 aliphatic carbocycles. The molecule has 0 N–H and O–H groups in total. The van der Waals surface area contributed by atoms with Crippen LogP contribution in [0.25, 0.3) is 0 Å². The van der Waals surface area contributed by atoms with Crippen LogP contribution in [0, 0.1) is 13.8 Å². The van der Waals surface area contributed by atoms with Crippen molar-refractivity contribution in [3.8, 4) is 0 Å². The van der Waals surface area contributed by atoms with Gasteiger partial charge in [-0.1, -0.05) is 0 Å². The van der Waals surface area contributed by atoms with Crippen molar-refractivity contribution in [3.63, 3.8) is 0 Å². The maximum atomic E-state index is 11.2. The van der Waals surface area contributed by atoms with Crippen molar-refractivity contribution in [1.29, 1.82) is 0 Å². The van der Waals surface area contributed by atoms with Gasteiger partial charge in [-0.15, -0.1) is 0 Å². The topological polar surface area (TPSA) is 66.4 Å². The molecule has 6 nitrogen and oxygen atoms in total. The minimum absolute atomic E-state index is 0.235. The Bertz CT molecular complexity index is 545. The Morgan fingerprint density at radius 2 is 1.80 bits per heavy atom. The second-order valence-corrected chi connectivity index (χ2v) is 7.63. The molecule has 7 heteroatoms. The van der Waals surface area contributed by atoms with Crippen LogP contribution in [-0.4, -0.2) is 68.0 Å². The lowest BCUT2D eigenvalue weighted by molar-refractivity contribution is 0.271. The molecule has 0 unspecified atom stereocenters. The van der Waals surface area contributed by atoms with E-state index in [9.17, 15) is 8.42 Å². The first kappa shape index (κ1) is 15.2. The van der Waals surface area contributed by atoms with Crippen LogP contribution in [0.5, 0.6) is 0 Å². The minimum Gasteiger partial charge on any atom is -0.354 e. The predicted octanol–water partition coefficient (Wildman–Crippen LogP) is 0.260. The van der Waals surface area contributed by atoms with Crippen molar-refractivity contribution in [2.45, 2.75) is 13.8 Å². The van der Waals surface area contributed by atoms with Crippen molar-refractivity contribution in [1.82, 2.24) is 14.9 Å². The van der Waals surface area contributed by atoms with Gasteiger partial charge in [-0.2, -0.15) is 0 Å². The Balaban J connectivity index is 1.91. The van der Waals surface area contributed by atoms with Gasteiger partial charge in [-0.3, -0.25) is 4.90 Å². The number of nitrogens with zero attached hydrogens (tertiary/aromatic N) is 4. The first-order valence-electron chi connectivity index (χ1n) is 6.81. The van der Waals surface area contributed by atoms with Gasteiger partial charge in [0.15, 0.2) is 0 Å². The SMILES string of the molecule is Cc1cc(N2CCN(CCS(C)(=O)=O)CC2)nc(C)n1. The molecule has 2 heterocycles. The molecule has 1 fully saturated rings. The second-order valence-electron chi connectivity index (χ2n) is 5.37. The summed E-state index contributed by atoms with van der Waals surface area (Å²) >= 11 is 0. The number of aromatic nitrogens is 2. The molecule has 0 bridgehead atoms. The molecule has 0 atom stereocenters. The van der Waals surface area contributed by atoms with E-state index in [0.29, 0.717) is 6.54 Å². The number of piperazine rings is 1. The van der Waals surface area contributed by atoms with Crippen molar-refractivity contribution >= 4 is 15.7 Å². The molecule has 1 aliphatic heterocycles. The highest BCUT2D eigenvalue weighted by atomic mass is 32.2. The fraction of sp³-hybridized carbons (Fsp3) is 0.692. The van der Waals surface area contributed by atoms with Crippen LogP contribution in [-0.2, 0) is 9.84 Å². The fourth-order valence-electron chi connectivity index (χ4n) is 2.35. The highest BCUT2D eigenvalue weighted by Crippen LogP contribution is 2.14. The van der Waals surface area contributed by atoms with Gasteiger partial charge < -0.3 is 4.90 Å². The number of aryl methyl sites for hydroxylation is 2. The molecule has 0 radical (unpaired) electrons. The summed E-state index contributed by atoms with van der Waals surface area (Å²) in [5, 5.41) is 0. The summed E-state index contributed by atoms with van der Waals surface area (Å²) in [5.41, 5.74) is 0.979. The van der Waals surface area contributed by atoms with Crippen LogP contribution in [0.3, 0.4) is 0 Å². The smallest absolute Gasteiger partial charge is 0.148 e. The summed E-state index contributed by atoms with van der Waals surface area (Å²) in [6, 6.07) is 2.00. The minimum atomic E-state index is -2.88. The Morgan fingerprint density at radius 1 is 1.15 bits per heavy atom. The lowest BCUT2D eigenvalue weighted by Gasteiger charge is -2.35. The Kier molecular flexibility index (Phi) is 4.59. The quantitative estimate of drug-likeness (QED) is 0.794. The predicted molar refractivity (Wildman–Crippen MR) is 79.9 cm³/mol. The lowest BCUT2D eigenvalue weighted by atomic mass is 10.3. The molecule has 2 rings (SSSR count). The average Bonchev–Trinajstić information content (AvgIpc) is 2.35. The molecular weight excluding hydrogens is 276 g/mol. The van der Waals surface area contributed by atoms with Gasteiger partial charge in [0.05, 0.1) is 5.75 Å². The average molecular weight is 298 g/mol. The number of hydrogen-bond acceptors (Lipinski definition) is 6. The molecular formula is C13H22N4O2S. The Morgan fingerprint density at radius 3 is 2.35 bits per heavy atom. The van der Waals surface area contributed by atoms with Crippen molar-refractivity contribution in [2.24, 2.45) is 0 Å². The second kappa shape index (κ2) is 6.05. The maximum absolute atomic E-state index is 11.2. The molecule has 112 valence electrons. The summed E-state index contributed by atoms with van der Waals surface area (Å²) in [6.45, 7) is 7.99. The zero-order valence-corrected chi connectivity index (χ0v) is 13.2. The van der Waals surface area contributed by atoms with Crippen molar-refractivity contribution in [3.05, 3.63) is 17.6 Å². The normalized spacial score (nSPS) is 17.4. The van der Waals surface area contributed by atoms with Gasteiger partial charge >= 0.3 is 0 Å². The standard InChI is InChI=1S/C13H22N4O2S/c1-11-10-13(15-12(2)14-11)17-6-4-16(5-7-17)8-9-20(3,18)19/h10H,4-9H2,1-3H3. The van der Waals surface area contributed by atoms with Crippen LogP contribution in [0.2, 0.25) is 0 Å². The molecule has 1 aliphatic rings. The van der Waals surface area contributed by atoms with Crippen LogP contribution in [0.15, 0.2) is 6.07 Å². The first-order chi connectivity index (χ1) is 9.33. The highest BCUT2D eigenvalue weighted by molar-refractivity contribution is 7.90. The van der Waals surface area contributed by atoms with E-state index < -0.39 is 9.84 Å². The van der Waals surface area contributed by atoms with Gasteiger partial charge in [-0.05, 0) is 13.8 Å². The zero-order valence-electron chi connectivity index (χ0n) is 12.3. The van der Waals surface area contributed by atoms with Gasteiger partial charge in [0.2, 0.25) is 0 Å². The number of anilines is 1. The third-order valence-electron chi connectivity index (χ3n) is 3.43. The van der Waals surface area contributed by atoms with Crippen molar-refractivity contribution in [2.75, 3.05) is 49.6 Å². The largest absolute Gasteiger partial charge is 0.354 e. The molecule has 1 saturated heterocycles. The van der Waals surface area contributed by atoms with Crippen LogP contribution in [0.4, 0.5) is 5.82 Å². The third kappa shape index (κ3) is 4.42. The number of hydrogen-bond donors (Lipinski definition) is 0. The fourth-order valence-corrected chi connectivity index (χ4v) is 2.94. The van der Waals surface area contributed by atoms with Crippen molar-refractivity contribution < 1.29 is 8.42 Å². The van der Waals surface area contributed by atoms with Gasteiger partial charge in [0.25, 0.3) is 0 Å². The monoisotopic (exact) mass is 298 g/mol. The van der Waals surface area contributed by atoms with E-state index in [1.165, 1.54) is 6.26 Å². The van der Waals surface area contributed by atoms with E-state index in [4.69, 9.17) is 0 Å².